The third kappa shape index (κ3) is 5.11. The van der Waals surface area contributed by atoms with E-state index < -0.39 is 10.0 Å². The fraction of sp³-hybridized carbons (Fsp3) is 0.455. The number of rotatable bonds is 4. The lowest BCUT2D eigenvalue weighted by atomic mass is 9.78. The van der Waals surface area contributed by atoms with Crippen molar-refractivity contribution >= 4 is 10.0 Å². The predicted molar refractivity (Wildman–Crippen MR) is 111 cm³/mol. The van der Waals surface area contributed by atoms with Crippen LogP contribution in [0.25, 0.3) is 0 Å². The van der Waals surface area contributed by atoms with E-state index in [2.05, 4.69) is 4.72 Å². The average Bonchev–Trinajstić information content (AvgIpc) is 2.52. The molecule has 0 bridgehead atoms. The van der Waals surface area contributed by atoms with Gasteiger partial charge < -0.3 is 5.11 Å². The second-order valence-electron chi connectivity index (χ2n) is 9.18. The monoisotopic (exact) mass is 389 g/mol. The number of benzene rings is 2. The number of hydrogen-bond acceptors (Lipinski definition) is 3. The molecule has 2 rings (SSSR count). The third-order valence-electron chi connectivity index (χ3n) is 4.58. The number of aromatic hydroxyl groups is 1. The highest BCUT2D eigenvalue weighted by molar-refractivity contribution is 7.89. The third-order valence-corrected chi connectivity index (χ3v) is 6.00. The van der Waals surface area contributed by atoms with E-state index in [0.717, 1.165) is 22.3 Å². The van der Waals surface area contributed by atoms with Gasteiger partial charge in [0.1, 0.15) is 5.75 Å². The van der Waals surface area contributed by atoms with Crippen LogP contribution in [-0.4, -0.2) is 13.5 Å². The topological polar surface area (TPSA) is 66.4 Å². The van der Waals surface area contributed by atoms with E-state index in [-0.39, 0.29) is 22.3 Å². The Balaban J connectivity index is 2.40. The highest BCUT2D eigenvalue weighted by Gasteiger charge is 2.26. The summed E-state index contributed by atoms with van der Waals surface area (Å²) in [7, 11) is -3.59. The Bertz CT molecular complexity index is 881. The largest absolute Gasteiger partial charge is 0.507 e. The van der Waals surface area contributed by atoms with E-state index in [1.54, 1.807) is 24.3 Å². The zero-order valence-corrected chi connectivity index (χ0v) is 18.2. The molecule has 2 aromatic rings. The van der Waals surface area contributed by atoms with Crippen LogP contribution in [0.3, 0.4) is 0 Å². The lowest BCUT2D eigenvalue weighted by molar-refractivity contribution is 0.422. The van der Waals surface area contributed by atoms with Crippen molar-refractivity contribution in [2.45, 2.75) is 70.7 Å². The molecule has 0 fully saturated rings. The summed E-state index contributed by atoms with van der Waals surface area (Å²) in [5, 5.41) is 10.8. The Labute approximate surface area is 163 Å². The van der Waals surface area contributed by atoms with Gasteiger partial charge in [0.05, 0.1) is 4.90 Å². The summed E-state index contributed by atoms with van der Waals surface area (Å²) in [6, 6.07) is 10.6. The van der Waals surface area contributed by atoms with E-state index in [4.69, 9.17) is 0 Å². The number of nitrogens with one attached hydrogen (secondary N) is 1. The van der Waals surface area contributed by atoms with Gasteiger partial charge in [0.2, 0.25) is 10.0 Å². The fourth-order valence-electron chi connectivity index (χ4n) is 2.92. The van der Waals surface area contributed by atoms with Gasteiger partial charge >= 0.3 is 0 Å². The molecule has 0 saturated carbocycles. The van der Waals surface area contributed by atoms with E-state index in [0.29, 0.717) is 5.75 Å². The standard InChI is InChI=1S/C22H31NO3S/c1-15-8-10-17(11-9-15)27(25,26)23-14-16-12-18(21(2,3)4)20(24)19(13-16)22(5,6)7/h8-13,23-24H,14H2,1-7H3. The van der Waals surface area contributed by atoms with Gasteiger partial charge in [0.25, 0.3) is 0 Å². The molecule has 148 valence electrons. The minimum Gasteiger partial charge on any atom is -0.507 e. The van der Waals surface area contributed by atoms with Crippen LogP contribution in [0.4, 0.5) is 0 Å². The first-order valence-corrected chi connectivity index (χ1v) is 10.6. The van der Waals surface area contributed by atoms with Crippen molar-refractivity contribution < 1.29 is 13.5 Å². The van der Waals surface area contributed by atoms with Crippen LogP contribution in [0, 0.1) is 6.92 Å². The normalized spacial score (nSPS) is 13.0. The lowest BCUT2D eigenvalue weighted by Crippen LogP contribution is -2.24. The molecule has 0 saturated heterocycles. The fourth-order valence-corrected chi connectivity index (χ4v) is 3.94. The molecule has 0 aromatic heterocycles. The summed E-state index contributed by atoms with van der Waals surface area (Å²) in [4.78, 5) is 0.249. The van der Waals surface area contributed by atoms with Crippen LogP contribution in [0.15, 0.2) is 41.3 Å². The van der Waals surface area contributed by atoms with Crippen molar-refractivity contribution in [2.75, 3.05) is 0 Å². The minimum absolute atomic E-state index is 0.169. The van der Waals surface area contributed by atoms with Gasteiger partial charge in [-0.2, -0.15) is 0 Å². The Hall–Kier alpha value is -1.85. The maximum absolute atomic E-state index is 12.6. The van der Waals surface area contributed by atoms with Gasteiger partial charge in [-0.15, -0.1) is 0 Å². The molecule has 0 atom stereocenters. The molecule has 0 unspecified atom stereocenters. The van der Waals surface area contributed by atoms with Crippen LogP contribution < -0.4 is 4.72 Å². The second-order valence-corrected chi connectivity index (χ2v) is 10.9. The van der Waals surface area contributed by atoms with Gasteiger partial charge in [-0.25, -0.2) is 13.1 Å². The van der Waals surface area contributed by atoms with Crippen LogP contribution >= 0.6 is 0 Å². The summed E-state index contributed by atoms with van der Waals surface area (Å²) >= 11 is 0. The van der Waals surface area contributed by atoms with Crippen LogP contribution in [0.1, 0.15) is 63.8 Å². The quantitative estimate of drug-likeness (QED) is 0.791. The Kier molecular flexibility index (Phi) is 5.79. The highest BCUT2D eigenvalue weighted by Crippen LogP contribution is 2.39. The van der Waals surface area contributed by atoms with E-state index >= 15 is 0 Å². The first-order valence-electron chi connectivity index (χ1n) is 9.15. The molecule has 0 aliphatic carbocycles. The molecule has 5 heteroatoms. The van der Waals surface area contributed by atoms with Crippen LogP contribution in [-0.2, 0) is 27.4 Å². The summed E-state index contributed by atoms with van der Waals surface area (Å²) in [6.07, 6.45) is 0. The molecule has 0 radical (unpaired) electrons. The van der Waals surface area contributed by atoms with E-state index in [9.17, 15) is 13.5 Å². The average molecular weight is 390 g/mol. The summed E-state index contributed by atoms with van der Waals surface area (Å²) < 4.78 is 27.9. The number of aryl methyl sites for hydroxylation is 1. The zero-order valence-electron chi connectivity index (χ0n) is 17.3. The predicted octanol–water partition coefficient (Wildman–Crippen LogP) is 4.77. The maximum atomic E-state index is 12.6. The van der Waals surface area contributed by atoms with Gasteiger partial charge in [0, 0.05) is 6.54 Å². The van der Waals surface area contributed by atoms with Gasteiger partial charge in [-0.1, -0.05) is 71.4 Å². The Morgan fingerprint density at radius 3 is 1.74 bits per heavy atom. The van der Waals surface area contributed by atoms with Crippen LogP contribution in [0.2, 0.25) is 0 Å². The molecule has 27 heavy (non-hydrogen) atoms. The molecular weight excluding hydrogens is 358 g/mol. The number of hydrogen-bond donors (Lipinski definition) is 2. The van der Waals surface area contributed by atoms with Crippen molar-refractivity contribution in [2.24, 2.45) is 0 Å². The molecule has 0 aliphatic heterocycles. The van der Waals surface area contributed by atoms with Gasteiger partial charge in [-0.3, -0.25) is 0 Å². The number of phenolic OH excluding ortho intramolecular Hbond substituents is 1. The minimum atomic E-state index is -3.59. The van der Waals surface area contributed by atoms with Crippen molar-refractivity contribution in [1.29, 1.82) is 0 Å². The molecule has 0 amide bonds. The van der Waals surface area contributed by atoms with Crippen molar-refractivity contribution in [1.82, 2.24) is 4.72 Å². The molecule has 0 spiro atoms. The number of sulfonamides is 1. The summed E-state index contributed by atoms with van der Waals surface area (Å²) in [6.45, 7) is 14.3. The SMILES string of the molecule is Cc1ccc(S(=O)(=O)NCc2cc(C(C)(C)C)c(O)c(C(C)(C)C)c2)cc1. The van der Waals surface area contributed by atoms with E-state index in [1.807, 2.05) is 60.6 Å². The molecule has 2 aromatic carbocycles. The zero-order chi connectivity index (χ0) is 20.6. The smallest absolute Gasteiger partial charge is 0.240 e. The number of phenols is 1. The highest BCUT2D eigenvalue weighted by atomic mass is 32.2. The van der Waals surface area contributed by atoms with Crippen molar-refractivity contribution in [3.63, 3.8) is 0 Å². The van der Waals surface area contributed by atoms with E-state index in [1.165, 1.54) is 0 Å². The second kappa shape index (κ2) is 7.28. The lowest BCUT2D eigenvalue weighted by Gasteiger charge is -2.28. The molecular formula is C22H31NO3S. The maximum Gasteiger partial charge on any atom is 0.240 e. The molecule has 0 heterocycles. The molecule has 0 aliphatic rings. The van der Waals surface area contributed by atoms with Gasteiger partial charge in [-0.05, 0) is 46.6 Å². The molecule has 4 nitrogen and oxygen atoms in total. The van der Waals surface area contributed by atoms with Crippen LogP contribution in [0.5, 0.6) is 5.75 Å². The van der Waals surface area contributed by atoms with Crippen molar-refractivity contribution in [3.8, 4) is 5.75 Å². The Morgan fingerprint density at radius 2 is 1.33 bits per heavy atom. The summed E-state index contributed by atoms with van der Waals surface area (Å²) in [5.41, 5.74) is 2.97. The van der Waals surface area contributed by atoms with Crippen molar-refractivity contribution in [3.05, 3.63) is 58.7 Å². The van der Waals surface area contributed by atoms with Gasteiger partial charge in [0.15, 0.2) is 0 Å². The summed E-state index contributed by atoms with van der Waals surface area (Å²) in [5.74, 6) is 0.292. The molecule has 2 N–H and O–H groups in total. The first kappa shape index (κ1) is 21.5. The first-order chi connectivity index (χ1) is 12.2. The Morgan fingerprint density at radius 1 is 0.889 bits per heavy atom.